The fourth-order valence-electron chi connectivity index (χ4n) is 1.83. The van der Waals surface area contributed by atoms with Gasteiger partial charge in [0.25, 0.3) is 5.91 Å². The number of thiazole rings is 1. The average molecular weight is 369 g/mol. The lowest BCUT2D eigenvalue weighted by Crippen LogP contribution is -2.26. The molecular formula is C14H15N3O5S2. The molecule has 0 saturated heterocycles. The molecule has 128 valence electrons. The smallest absolute Gasteiger partial charge is 0.355 e. The van der Waals surface area contributed by atoms with Crippen molar-refractivity contribution in [3.63, 3.8) is 0 Å². The highest BCUT2D eigenvalue weighted by Gasteiger charge is 2.15. The van der Waals surface area contributed by atoms with Crippen LogP contribution < -0.4 is 10.0 Å². The Hall–Kier alpha value is -2.30. The molecule has 24 heavy (non-hydrogen) atoms. The van der Waals surface area contributed by atoms with Crippen molar-refractivity contribution >= 4 is 33.2 Å². The molecule has 1 amide bonds. The van der Waals surface area contributed by atoms with Gasteiger partial charge in [-0.3, -0.25) is 4.79 Å². The highest BCUT2D eigenvalue weighted by atomic mass is 32.2. The van der Waals surface area contributed by atoms with Crippen molar-refractivity contribution < 1.29 is 23.1 Å². The molecule has 0 aliphatic rings. The summed E-state index contributed by atoms with van der Waals surface area (Å²) in [6.45, 7) is 0.0894. The topological polar surface area (TPSA) is 125 Å². The molecule has 10 heteroatoms. The number of hydrogen-bond acceptors (Lipinski definition) is 6. The number of aromatic carboxylic acids is 1. The Morgan fingerprint density at radius 1 is 1.25 bits per heavy atom. The minimum atomic E-state index is -3.71. The monoisotopic (exact) mass is 369 g/mol. The largest absolute Gasteiger partial charge is 0.476 e. The molecular weight excluding hydrogens is 354 g/mol. The Labute approximate surface area is 142 Å². The van der Waals surface area contributed by atoms with Crippen LogP contribution in [0.4, 0.5) is 0 Å². The Morgan fingerprint density at radius 3 is 2.46 bits per heavy atom. The summed E-state index contributed by atoms with van der Waals surface area (Å²) < 4.78 is 26.7. The summed E-state index contributed by atoms with van der Waals surface area (Å²) in [5.41, 5.74) is 0.308. The van der Waals surface area contributed by atoms with E-state index in [2.05, 4.69) is 15.0 Å². The molecule has 1 aromatic carbocycles. The summed E-state index contributed by atoms with van der Waals surface area (Å²) in [5.74, 6) is -1.42. The first kappa shape index (κ1) is 18.0. The second-order valence-electron chi connectivity index (χ2n) is 4.68. The lowest BCUT2D eigenvalue weighted by atomic mass is 10.2. The van der Waals surface area contributed by atoms with Crippen molar-refractivity contribution in [2.45, 2.75) is 11.3 Å². The number of nitrogens with one attached hydrogen (secondary N) is 2. The van der Waals surface area contributed by atoms with Crippen LogP contribution in [-0.2, 0) is 16.4 Å². The van der Waals surface area contributed by atoms with E-state index in [-0.39, 0.29) is 29.5 Å². The van der Waals surface area contributed by atoms with E-state index >= 15 is 0 Å². The Balaban J connectivity index is 1.97. The first-order valence-corrected chi connectivity index (χ1v) is 9.19. The van der Waals surface area contributed by atoms with Gasteiger partial charge in [0, 0.05) is 31.0 Å². The van der Waals surface area contributed by atoms with E-state index in [1.165, 1.54) is 36.7 Å². The molecule has 0 fully saturated rings. The fraction of sp³-hybridized carbons (Fsp3) is 0.214. The molecule has 2 rings (SSSR count). The van der Waals surface area contributed by atoms with Gasteiger partial charge in [-0.1, -0.05) is 0 Å². The maximum Gasteiger partial charge on any atom is 0.355 e. The zero-order chi connectivity index (χ0) is 17.7. The van der Waals surface area contributed by atoms with E-state index < -0.39 is 16.0 Å². The standard InChI is InChI=1S/C14H15N3O5S2/c1-15-13(18)9-2-4-10(5-3-9)24(21,22)16-7-6-12-17-11(8-23-12)14(19)20/h2-5,8,16H,6-7H2,1H3,(H,15,18)(H,19,20). The SMILES string of the molecule is CNC(=O)c1ccc(S(=O)(=O)NCCc2nc(C(=O)O)cs2)cc1. The highest BCUT2D eigenvalue weighted by molar-refractivity contribution is 7.89. The molecule has 2 aromatic rings. The summed E-state index contributed by atoms with van der Waals surface area (Å²) in [4.78, 5) is 26.1. The van der Waals surface area contributed by atoms with Crippen LogP contribution in [0.15, 0.2) is 34.5 Å². The number of carboxylic acid groups (broad SMARTS) is 1. The van der Waals surface area contributed by atoms with Crippen LogP contribution in [0, 0.1) is 0 Å². The van der Waals surface area contributed by atoms with Crippen molar-refractivity contribution in [3.8, 4) is 0 Å². The van der Waals surface area contributed by atoms with Crippen LogP contribution in [0.1, 0.15) is 25.9 Å². The van der Waals surface area contributed by atoms with Gasteiger partial charge in [0.05, 0.1) is 9.90 Å². The molecule has 1 aromatic heterocycles. The van der Waals surface area contributed by atoms with Crippen LogP contribution in [0.3, 0.4) is 0 Å². The quantitative estimate of drug-likeness (QED) is 0.660. The molecule has 0 aliphatic carbocycles. The van der Waals surface area contributed by atoms with Crippen LogP contribution in [0.2, 0.25) is 0 Å². The van der Waals surface area contributed by atoms with Crippen molar-refractivity contribution in [2.75, 3.05) is 13.6 Å². The van der Waals surface area contributed by atoms with Gasteiger partial charge in [-0.2, -0.15) is 0 Å². The third kappa shape index (κ3) is 4.37. The Morgan fingerprint density at radius 2 is 1.92 bits per heavy atom. The molecule has 0 spiro atoms. The number of amides is 1. The summed E-state index contributed by atoms with van der Waals surface area (Å²) in [5, 5.41) is 13.2. The molecule has 0 unspecified atom stereocenters. The number of nitrogens with zero attached hydrogens (tertiary/aromatic N) is 1. The molecule has 3 N–H and O–H groups in total. The minimum absolute atomic E-state index is 0.0421. The van der Waals surface area contributed by atoms with Gasteiger partial charge in [0.2, 0.25) is 10.0 Å². The maximum atomic E-state index is 12.2. The molecule has 0 atom stereocenters. The number of carboxylic acids is 1. The third-order valence-corrected chi connectivity index (χ3v) is 5.44. The van der Waals surface area contributed by atoms with Gasteiger partial charge in [0.1, 0.15) is 0 Å². The van der Waals surface area contributed by atoms with Crippen molar-refractivity contribution in [1.82, 2.24) is 15.0 Å². The van der Waals surface area contributed by atoms with Gasteiger partial charge in [-0.05, 0) is 24.3 Å². The molecule has 0 radical (unpaired) electrons. The van der Waals surface area contributed by atoms with Gasteiger partial charge < -0.3 is 10.4 Å². The predicted molar refractivity (Wildman–Crippen MR) is 87.8 cm³/mol. The summed E-state index contributed by atoms with van der Waals surface area (Å²) in [6.07, 6.45) is 0.285. The minimum Gasteiger partial charge on any atom is -0.476 e. The van der Waals surface area contributed by atoms with Gasteiger partial charge in [-0.15, -0.1) is 11.3 Å². The van der Waals surface area contributed by atoms with E-state index in [9.17, 15) is 18.0 Å². The normalized spacial score (nSPS) is 11.2. The molecule has 8 nitrogen and oxygen atoms in total. The lowest BCUT2D eigenvalue weighted by Gasteiger charge is -2.06. The Bertz CT molecular complexity index is 844. The van der Waals surface area contributed by atoms with Crippen LogP contribution in [0.5, 0.6) is 0 Å². The first-order chi connectivity index (χ1) is 11.3. The average Bonchev–Trinajstić information content (AvgIpc) is 3.03. The van der Waals surface area contributed by atoms with E-state index in [4.69, 9.17) is 5.11 Å². The fourth-order valence-corrected chi connectivity index (χ4v) is 3.63. The van der Waals surface area contributed by atoms with Crippen LogP contribution >= 0.6 is 11.3 Å². The first-order valence-electron chi connectivity index (χ1n) is 6.83. The Kier molecular flexibility index (Phi) is 5.65. The van der Waals surface area contributed by atoms with E-state index in [0.29, 0.717) is 10.6 Å². The van der Waals surface area contributed by atoms with E-state index in [1.807, 2.05) is 0 Å². The number of carbonyl (C=O) groups is 2. The van der Waals surface area contributed by atoms with E-state index in [1.54, 1.807) is 0 Å². The number of carbonyl (C=O) groups excluding carboxylic acids is 1. The van der Waals surface area contributed by atoms with Gasteiger partial charge >= 0.3 is 5.97 Å². The molecule has 0 saturated carbocycles. The molecule has 0 bridgehead atoms. The summed E-state index contributed by atoms with van der Waals surface area (Å²) in [7, 11) is -2.22. The van der Waals surface area contributed by atoms with Crippen LogP contribution in [0.25, 0.3) is 0 Å². The number of rotatable bonds is 7. The zero-order valence-corrected chi connectivity index (χ0v) is 14.3. The highest BCUT2D eigenvalue weighted by Crippen LogP contribution is 2.12. The van der Waals surface area contributed by atoms with Crippen molar-refractivity contribution in [3.05, 3.63) is 45.9 Å². The second kappa shape index (κ2) is 7.51. The van der Waals surface area contributed by atoms with Crippen LogP contribution in [-0.4, -0.2) is 44.0 Å². The molecule has 1 heterocycles. The number of benzene rings is 1. The number of aromatic nitrogens is 1. The summed E-state index contributed by atoms with van der Waals surface area (Å²) >= 11 is 1.16. The second-order valence-corrected chi connectivity index (χ2v) is 7.39. The number of hydrogen-bond donors (Lipinski definition) is 3. The molecule has 0 aliphatic heterocycles. The van der Waals surface area contributed by atoms with Gasteiger partial charge in [-0.25, -0.2) is 22.9 Å². The number of sulfonamides is 1. The zero-order valence-electron chi connectivity index (χ0n) is 12.6. The maximum absolute atomic E-state index is 12.2. The van der Waals surface area contributed by atoms with E-state index in [0.717, 1.165) is 11.3 Å². The third-order valence-electron chi connectivity index (χ3n) is 3.06. The van der Waals surface area contributed by atoms with Crippen molar-refractivity contribution in [1.29, 1.82) is 0 Å². The van der Waals surface area contributed by atoms with Crippen molar-refractivity contribution in [2.24, 2.45) is 0 Å². The predicted octanol–water partition coefficient (Wildman–Crippen LogP) is 0.722. The summed E-state index contributed by atoms with van der Waals surface area (Å²) in [6, 6.07) is 5.54. The lowest BCUT2D eigenvalue weighted by molar-refractivity contribution is 0.0691. The van der Waals surface area contributed by atoms with Gasteiger partial charge in [0.15, 0.2) is 5.69 Å².